The minimum absolute atomic E-state index is 0.114. The van der Waals surface area contributed by atoms with E-state index in [1.54, 1.807) is 6.07 Å². The van der Waals surface area contributed by atoms with Gasteiger partial charge in [0.05, 0.1) is 0 Å². The van der Waals surface area contributed by atoms with Crippen LogP contribution in [0.1, 0.15) is 76.0 Å². The van der Waals surface area contributed by atoms with Gasteiger partial charge < -0.3 is 30.6 Å². The molecule has 0 atom stereocenters. The fourth-order valence-corrected chi connectivity index (χ4v) is 3.78. The van der Waals surface area contributed by atoms with E-state index in [-0.39, 0.29) is 11.5 Å². The van der Waals surface area contributed by atoms with E-state index in [1.165, 1.54) is 56.2 Å². The second-order valence-corrected chi connectivity index (χ2v) is 9.98. The summed E-state index contributed by atoms with van der Waals surface area (Å²) in [7, 11) is 0. The number of phenolic OH excluding ortho intramolecular Hbond substituents is 2. The van der Waals surface area contributed by atoms with E-state index in [0.717, 1.165) is 34.8 Å². The summed E-state index contributed by atoms with van der Waals surface area (Å²) in [6.45, 7) is 7.59. The van der Waals surface area contributed by atoms with Crippen LogP contribution >= 0.6 is 12.9 Å². The molecule has 0 unspecified atom stereocenters. The van der Waals surface area contributed by atoms with Crippen LogP contribution in [0.25, 0.3) is 0 Å². The first-order chi connectivity index (χ1) is 20.9. The number of phenols is 2. The number of hydrogen-bond acceptors (Lipinski definition) is 7. The molecule has 43 heavy (non-hydrogen) atoms. The average Bonchev–Trinajstić information content (AvgIpc) is 3.06. The van der Waals surface area contributed by atoms with Crippen LogP contribution in [0.5, 0.6) is 28.7 Å². The maximum absolute atomic E-state index is 8.93. The highest BCUT2D eigenvalue weighted by molar-refractivity contribution is 7.75. The normalized spacial score (nSPS) is 9.72. The Morgan fingerprint density at radius 3 is 1.51 bits per heavy atom. The molecule has 6 N–H and O–H groups in total. The van der Waals surface area contributed by atoms with Crippen LogP contribution in [0.3, 0.4) is 0 Å². The molecule has 0 radical (unpaired) electrons. The molecule has 0 fully saturated rings. The van der Waals surface area contributed by atoms with Crippen molar-refractivity contribution in [1.29, 1.82) is 0 Å². The Bertz CT molecular complexity index is 1190. The topological polar surface area (TPSA) is 111 Å². The number of unbranched alkanes of at least 4 members (excludes halogenated alkanes) is 5. The monoisotopic (exact) mass is 606 g/mol. The van der Waals surface area contributed by atoms with E-state index in [9.17, 15) is 0 Å². The van der Waals surface area contributed by atoms with Crippen LogP contribution in [-0.4, -0.2) is 10.2 Å². The number of aryl methyl sites for hydroxylation is 1. The summed E-state index contributed by atoms with van der Waals surface area (Å²) in [5.41, 5.74) is 13.9. The van der Waals surface area contributed by atoms with Gasteiger partial charge in [0, 0.05) is 26.0 Å². The SMILES string of the molecule is CCCCCCCC.CCc1ccc(Oc2ccccc2)cc1.NCc1ccc(O)c(O)c1.NCc1ccc(OS)cc1. The van der Waals surface area contributed by atoms with Crippen LogP contribution in [0, 0.1) is 0 Å². The number of aromatic hydroxyl groups is 2. The molecule has 0 aliphatic carbocycles. The Kier molecular flexibility index (Phi) is 20.7. The van der Waals surface area contributed by atoms with Gasteiger partial charge in [0.2, 0.25) is 0 Å². The van der Waals surface area contributed by atoms with Gasteiger partial charge in [0.15, 0.2) is 11.5 Å². The molecule has 4 aromatic carbocycles. The molecule has 0 aromatic heterocycles. The van der Waals surface area contributed by atoms with Crippen molar-refractivity contribution in [1.82, 2.24) is 0 Å². The van der Waals surface area contributed by atoms with E-state index in [0.29, 0.717) is 13.1 Å². The number of benzene rings is 4. The van der Waals surface area contributed by atoms with Crippen LogP contribution < -0.4 is 20.4 Å². The highest BCUT2D eigenvalue weighted by Gasteiger charge is 1.98. The predicted molar refractivity (Wildman–Crippen MR) is 183 cm³/mol. The van der Waals surface area contributed by atoms with E-state index >= 15 is 0 Å². The largest absolute Gasteiger partial charge is 0.504 e. The van der Waals surface area contributed by atoms with Gasteiger partial charge in [0.25, 0.3) is 0 Å². The van der Waals surface area contributed by atoms with E-state index in [2.05, 4.69) is 50.0 Å². The Labute approximate surface area is 264 Å². The van der Waals surface area contributed by atoms with Crippen molar-refractivity contribution in [3.8, 4) is 28.7 Å². The molecular weight excluding hydrogens is 556 g/mol. The predicted octanol–water partition coefficient (Wildman–Crippen LogP) is 9.33. The molecule has 0 saturated heterocycles. The van der Waals surface area contributed by atoms with Gasteiger partial charge in [-0.15, -0.1) is 0 Å². The van der Waals surface area contributed by atoms with E-state index in [4.69, 9.17) is 26.4 Å². The minimum Gasteiger partial charge on any atom is -0.504 e. The fourth-order valence-electron chi connectivity index (χ4n) is 3.65. The zero-order valence-corrected chi connectivity index (χ0v) is 26.8. The quantitative estimate of drug-likeness (QED) is 0.0503. The Morgan fingerprint density at radius 1 is 0.558 bits per heavy atom. The molecule has 0 saturated carbocycles. The number of para-hydroxylation sites is 1. The summed E-state index contributed by atoms with van der Waals surface area (Å²) in [4.78, 5) is 0. The van der Waals surface area contributed by atoms with Gasteiger partial charge >= 0.3 is 0 Å². The number of thiol groups is 1. The molecule has 0 spiro atoms. The first-order valence-electron chi connectivity index (χ1n) is 15.0. The third-order valence-electron chi connectivity index (χ3n) is 6.31. The van der Waals surface area contributed by atoms with Crippen molar-refractivity contribution >= 4 is 12.9 Å². The van der Waals surface area contributed by atoms with Crippen LogP contribution in [0.4, 0.5) is 0 Å². The summed E-state index contributed by atoms with van der Waals surface area (Å²) in [5.74, 6) is 2.26. The third-order valence-corrected chi connectivity index (χ3v) is 6.52. The van der Waals surface area contributed by atoms with Crippen LogP contribution in [-0.2, 0) is 19.5 Å². The highest BCUT2D eigenvalue weighted by Crippen LogP contribution is 2.24. The first kappa shape index (κ1) is 37.4. The number of ether oxygens (including phenoxy) is 1. The van der Waals surface area contributed by atoms with Crippen molar-refractivity contribution in [2.45, 2.75) is 78.8 Å². The molecule has 0 heterocycles. The Balaban J connectivity index is 0.000000296. The van der Waals surface area contributed by atoms with Crippen molar-refractivity contribution in [3.05, 3.63) is 114 Å². The molecule has 0 amide bonds. The smallest absolute Gasteiger partial charge is 0.157 e. The van der Waals surface area contributed by atoms with Crippen molar-refractivity contribution in [2.24, 2.45) is 11.5 Å². The lowest BCUT2D eigenvalue weighted by molar-refractivity contribution is 0.403. The van der Waals surface area contributed by atoms with Gasteiger partial charge in [0.1, 0.15) is 17.2 Å². The molecular formula is C36H50N2O4S. The third kappa shape index (κ3) is 17.2. The average molecular weight is 607 g/mol. The van der Waals surface area contributed by atoms with Crippen molar-refractivity contribution in [3.63, 3.8) is 0 Å². The first-order valence-corrected chi connectivity index (χ1v) is 15.4. The van der Waals surface area contributed by atoms with E-state index < -0.39 is 0 Å². The Morgan fingerprint density at radius 2 is 1.05 bits per heavy atom. The lowest BCUT2D eigenvalue weighted by Gasteiger charge is -2.05. The lowest BCUT2D eigenvalue weighted by Crippen LogP contribution is -1.94. The molecule has 234 valence electrons. The molecule has 0 bridgehead atoms. The van der Waals surface area contributed by atoms with Crippen molar-refractivity contribution in [2.75, 3.05) is 0 Å². The van der Waals surface area contributed by atoms with Gasteiger partial charge in [-0.2, -0.15) is 0 Å². The minimum atomic E-state index is -0.122. The van der Waals surface area contributed by atoms with Crippen molar-refractivity contribution < 1.29 is 19.1 Å². The van der Waals surface area contributed by atoms with Gasteiger partial charge in [-0.05, 0) is 71.6 Å². The zero-order chi connectivity index (χ0) is 31.7. The highest BCUT2D eigenvalue weighted by atomic mass is 32.1. The van der Waals surface area contributed by atoms with Gasteiger partial charge in [-0.1, -0.05) is 108 Å². The standard InChI is InChI=1S/C14H14O.C8H18.C7H9NO2.C7H9NOS/c1-2-12-8-10-14(11-9-12)15-13-6-4-3-5-7-13;1-3-5-7-8-6-4-2;8-4-5-1-2-6(9)7(10)3-5;8-5-6-1-3-7(9-10)4-2-6/h3-11H,2H2,1H3;3-8H2,1-2H3;1-3,9-10H,4,8H2;1-4,10H,5,8H2. The molecule has 0 aliphatic rings. The Hall–Kier alpha value is -3.65. The maximum Gasteiger partial charge on any atom is 0.157 e. The summed E-state index contributed by atoms with van der Waals surface area (Å²) in [6.07, 6.45) is 9.55. The maximum atomic E-state index is 8.93. The van der Waals surface area contributed by atoms with Crippen LogP contribution in [0.2, 0.25) is 0 Å². The summed E-state index contributed by atoms with van der Waals surface area (Å²) in [6, 6.07) is 30.0. The molecule has 4 rings (SSSR count). The molecule has 0 aliphatic heterocycles. The number of rotatable bonds is 11. The zero-order valence-electron chi connectivity index (χ0n) is 25.9. The summed E-state index contributed by atoms with van der Waals surface area (Å²) < 4.78 is 10.3. The molecule has 6 nitrogen and oxygen atoms in total. The number of nitrogens with two attached hydrogens (primary N) is 2. The second kappa shape index (κ2) is 23.9. The number of hydrogen-bond donors (Lipinski definition) is 5. The van der Waals surface area contributed by atoms with Crippen LogP contribution in [0.15, 0.2) is 97.1 Å². The molecule has 4 aromatic rings. The lowest BCUT2D eigenvalue weighted by atomic mass is 10.1. The fraction of sp³-hybridized carbons (Fsp3) is 0.333. The second-order valence-electron chi connectivity index (χ2n) is 9.79. The molecule has 7 heteroatoms. The van der Waals surface area contributed by atoms with Gasteiger partial charge in [-0.3, -0.25) is 0 Å². The summed E-state index contributed by atoms with van der Waals surface area (Å²) in [5, 5.41) is 17.8. The van der Waals surface area contributed by atoms with E-state index in [1.807, 2.05) is 66.7 Å². The summed E-state index contributed by atoms with van der Waals surface area (Å²) >= 11 is 3.64. The van der Waals surface area contributed by atoms with Gasteiger partial charge in [-0.25, -0.2) is 0 Å².